The average molecular weight is 295 g/mol. The number of hydrogen-bond acceptors (Lipinski definition) is 4. The number of benzene rings is 1. The Labute approximate surface area is 117 Å². The van der Waals surface area contributed by atoms with Gasteiger partial charge in [0.05, 0.1) is 21.8 Å². The first kappa shape index (κ1) is 13.4. The van der Waals surface area contributed by atoms with E-state index in [4.69, 9.17) is 0 Å². The minimum atomic E-state index is -3.53. The molecule has 1 aliphatic heterocycles. The van der Waals surface area contributed by atoms with Crippen molar-refractivity contribution in [1.82, 2.24) is 0 Å². The van der Waals surface area contributed by atoms with Gasteiger partial charge in [0, 0.05) is 6.07 Å². The first-order valence-corrected chi connectivity index (χ1v) is 8.45. The molecule has 0 aromatic heterocycles. The molecule has 5 nitrogen and oxygen atoms in total. The average Bonchev–Trinajstić information content (AvgIpc) is 2.45. The smallest absolute Gasteiger partial charge is 0.231 e. The zero-order chi connectivity index (χ0) is 14.4. The van der Waals surface area contributed by atoms with E-state index in [0.29, 0.717) is 12.8 Å². The maximum absolute atomic E-state index is 12.5. The van der Waals surface area contributed by atoms with Crippen LogP contribution in [0.1, 0.15) is 32.1 Å². The molecule has 0 radical (unpaired) electrons. The van der Waals surface area contributed by atoms with Crippen molar-refractivity contribution in [2.24, 2.45) is 5.41 Å². The van der Waals surface area contributed by atoms with Crippen molar-refractivity contribution < 1.29 is 18.3 Å². The van der Waals surface area contributed by atoms with Gasteiger partial charge in [-0.15, -0.1) is 0 Å². The van der Waals surface area contributed by atoms with Gasteiger partial charge in [0.25, 0.3) is 0 Å². The van der Waals surface area contributed by atoms with Gasteiger partial charge in [-0.25, -0.2) is 8.42 Å². The van der Waals surface area contributed by atoms with E-state index in [1.807, 2.05) is 0 Å². The molecule has 0 bridgehead atoms. The van der Waals surface area contributed by atoms with Crippen LogP contribution in [0.4, 0.5) is 5.69 Å². The molecule has 6 heteroatoms. The van der Waals surface area contributed by atoms with E-state index in [0.717, 1.165) is 19.3 Å². The number of phenols is 1. The Bertz CT molecular complexity index is 660. The molecule has 1 amide bonds. The van der Waals surface area contributed by atoms with Crippen LogP contribution in [0.3, 0.4) is 0 Å². The van der Waals surface area contributed by atoms with E-state index in [1.165, 1.54) is 18.2 Å². The van der Waals surface area contributed by atoms with E-state index in [9.17, 15) is 18.3 Å². The maximum atomic E-state index is 12.5. The predicted molar refractivity (Wildman–Crippen MR) is 74.3 cm³/mol. The first-order valence-electron chi connectivity index (χ1n) is 6.80. The molecular weight excluding hydrogens is 278 g/mol. The molecule has 2 aliphatic rings. The second-order valence-corrected chi connectivity index (χ2v) is 7.69. The largest absolute Gasteiger partial charge is 0.508 e. The van der Waals surface area contributed by atoms with Crippen molar-refractivity contribution in [3.05, 3.63) is 18.2 Å². The zero-order valence-corrected chi connectivity index (χ0v) is 11.9. The van der Waals surface area contributed by atoms with Crippen molar-refractivity contribution in [2.75, 3.05) is 11.1 Å². The monoisotopic (exact) mass is 295 g/mol. The molecule has 2 N–H and O–H groups in total. The summed E-state index contributed by atoms with van der Waals surface area (Å²) in [7, 11) is -3.53. The minimum absolute atomic E-state index is 0.0566. The Hall–Kier alpha value is -1.56. The third-order valence-corrected chi connectivity index (χ3v) is 6.26. The van der Waals surface area contributed by atoms with Crippen LogP contribution in [0.15, 0.2) is 23.1 Å². The number of carbonyl (C=O) groups excluding carboxylic acids is 1. The van der Waals surface area contributed by atoms with Gasteiger partial charge in [-0.1, -0.05) is 19.3 Å². The summed E-state index contributed by atoms with van der Waals surface area (Å²) in [6, 6.07) is 4.00. The van der Waals surface area contributed by atoms with Crippen molar-refractivity contribution in [1.29, 1.82) is 0 Å². The fraction of sp³-hybridized carbons (Fsp3) is 0.500. The molecule has 1 aromatic carbocycles. The predicted octanol–water partition coefficient (Wildman–Crippen LogP) is 2.07. The lowest BCUT2D eigenvalue weighted by molar-refractivity contribution is -0.126. The number of aromatic hydroxyl groups is 1. The minimum Gasteiger partial charge on any atom is -0.508 e. The summed E-state index contributed by atoms with van der Waals surface area (Å²) in [6.45, 7) is 0. The number of nitrogens with one attached hydrogen (secondary N) is 1. The van der Waals surface area contributed by atoms with Crippen molar-refractivity contribution in [2.45, 2.75) is 37.0 Å². The van der Waals surface area contributed by atoms with Gasteiger partial charge in [0.2, 0.25) is 5.91 Å². The van der Waals surface area contributed by atoms with Crippen LogP contribution in [0.2, 0.25) is 0 Å². The number of rotatable bonds is 0. The van der Waals surface area contributed by atoms with Crippen LogP contribution in [0, 0.1) is 5.41 Å². The number of sulfone groups is 1. The molecule has 1 aromatic rings. The van der Waals surface area contributed by atoms with Crippen LogP contribution in [-0.2, 0) is 14.6 Å². The Morgan fingerprint density at radius 1 is 1.15 bits per heavy atom. The number of anilines is 1. The molecular formula is C14H17NO4S. The summed E-state index contributed by atoms with van der Waals surface area (Å²) in [5.74, 6) is -0.423. The Balaban J connectivity index is 2.12. The van der Waals surface area contributed by atoms with Crippen molar-refractivity contribution >= 4 is 21.4 Å². The third-order valence-electron chi connectivity index (χ3n) is 4.31. The lowest BCUT2D eigenvalue weighted by Gasteiger charge is -2.33. The van der Waals surface area contributed by atoms with Gasteiger partial charge in [0.15, 0.2) is 9.84 Å². The molecule has 20 heavy (non-hydrogen) atoms. The van der Waals surface area contributed by atoms with Crippen LogP contribution in [-0.4, -0.2) is 25.2 Å². The van der Waals surface area contributed by atoms with E-state index < -0.39 is 15.3 Å². The Morgan fingerprint density at radius 3 is 2.55 bits per heavy atom. The fourth-order valence-corrected chi connectivity index (χ4v) is 5.27. The van der Waals surface area contributed by atoms with E-state index in [1.54, 1.807) is 0 Å². The quantitative estimate of drug-likeness (QED) is 0.767. The highest BCUT2D eigenvalue weighted by Crippen LogP contribution is 2.43. The van der Waals surface area contributed by atoms with Gasteiger partial charge in [-0.3, -0.25) is 4.79 Å². The van der Waals surface area contributed by atoms with E-state index >= 15 is 0 Å². The summed E-state index contributed by atoms with van der Waals surface area (Å²) in [4.78, 5) is 12.6. The number of amides is 1. The highest BCUT2D eigenvalue weighted by Gasteiger charge is 2.46. The normalized spacial score (nSPS) is 23.7. The third kappa shape index (κ3) is 2.08. The van der Waals surface area contributed by atoms with Crippen molar-refractivity contribution in [3.63, 3.8) is 0 Å². The summed E-state index contributed by atoms with van der Waals surface area (Å²) in [5, 5.41) is 12.2. The molecule has 0 atom stereocenters. The van der Waals surface area contributed by atoms with Crippen LogP contribution in [0.25, 0.3) is 0 Å². The molecule has 1 spiro atoms. The second-order valence-electron chi connectivity index (χ2n) is 5.73. The lowest BCUT2D eigenvalue weighted by Crippen LogP contribution is -2.41. The molecule has 1 saturated carbocycles. The Kier molecular flexibility index (Phi) is 3.01. The number of carbonyl (C=O) groups is 1. The second kappa shape index (κ2) is 4.48. The lowest BCUT2D eigenvalue weighted by atomic mass is 9.75. The van der Waals surface area contributed by atoms with Gasteiger partial charge < -0.3 is 10.4 Å². The van der Waals surface area contributed by atoms with Gasteiger partial charge in [-0.05, 0) is 25.0 Å². The maximum Gasteiger partial charge on any atom is 0.231 e. The summed E-state index contributed by atoms with van der Waals surface area (Å²) >= 11 is 0. The molecule has 1 fully saturated rings. The first-order chi connectivity index (χ1) is 9.43. The summed E-state index contributed by atoms with van der Waals surface area (Å²) in [6.07, 6.45) is 4.02. The topological polar surface area (TPSA) is 83.5 Å². The standard InChI is InChI=1S/C14H17NO4S/c16-10-4-5-12-11(8-10)15-13(17)14(9-20(12,18)19)6-2-1-3-7-14/h4-5,8,16H,1-3,6-7,9H2,(H,15,17). The highest BCUT2D eigenvalue weighted by molar-refractivity contribution is 7.91. The Morgan fingerprint density at radius 2 is 1.85 bits per heavy atom. The van der Waals surface area contributed by atoms with E-state index in [-0.39, 0.29) is 28.0 Å². The van der Waals surface area contributed by atoms with Crippen LogP contribution < -0.4 is 5.32 Å². The van der Waals surface area contributed by atoms with Crippen LogP contribution >= 0.6 is 0 Å². The molecule has 108 valence electrons. The number of hydrogen-bond donors (Lipinski definition) is 2. The fourth-order valence-electron chi connectivity index (χ4n) is 3.25. The van der Waals surface area contributed by atoms with Crippen molar-refractivity contribution in [3.8, 4) is 5.75 Å². The zero-order valence-electron chi connectivity index (χ0n) is 11.1. The number of fused-ring (bicyclic) bond motifs is 1. The molecule has 1 aliphatic carbocycles. The summed E-state index contributed by atoms with van der Waals surface area (Å²) in [5.41, 5.74) is -0.622. The molecule has 3 rings (SSSR count). The molecule has 0 saturated heterocycles. The number of phenolic OH excluding ortho intramolecular Hbond substituents is 1. The highest BCUT2D eigenvalue weighted by atomic mass is 32.2. The summed E-state index contributed by atoms with van der Waals surface area (Å²) < 4.78 is 25.1. The molecule has 0 unspecified atom stereocenters. The van der Waals surface area contributed by atoms with E-state index in [2.05, 4.69) is 5.32 Å². The van der Waals surface area contributed by atoms with Gasteiger partial charge in [0.1, 0.15) is 5.75 Å². The van der Waals surface area contributed by atoms with Gasteiger partial charge >= 0.3 is 0 Å². The van der Waals surface area contributed by atoms with Gasteiger partial charge in [-0.2, -0.15) is 0 Å². The SMILES string of the molecule is O=C1Nc2cc(O)ccc2S(=O)(=O)CC12CCCCC2. The molecule has 1 heterocycles. The van der Waals surface area contributed by atoms with Crippen LogP contribution in [0.5, 0.6) is 5.75 Å².